The molecule has 0 bridgehead atoms. The van der Waals surface area contributed by atoms with Gasteiger partial charge >= 0.3 is 6.18 Å². The van der Waals surface area contributed by atoms with Crippen molar-refractivity contribution in [2.24, 2.45) is 17.8 Å². The molecule has 184 valence electrons. The van der Waals surface area contributed by atoms with E-state index in [1.807, 2.05) is 0 Å². The number of fused-ring (bicyclic) bond motifs is 1. The zero-order valence-electron chi connectivity index (χ0n) is 18.6. The van der Waals surface area contributed by atoms with E-state index in [-0.39, 0.29) is 23.1 Å². The van der Waals surface area contributed by atoms with E-state index in [0.29, 0.717) is 17.8 Å². The van der Waals surface area contributed by atoms with E-state index >= 15 is 0 Å². The molecule has 3 fully saturated rings. The predicted molar refractivity (Wildman–Crippen MR) is 116 cm³/mol. The van der Waals surface area contributed by atoms with Gasteiger partial charge in [0.25, 0.3) is 0 Å². The zero-order valence-corrected chi connectivity index (χ0v) is 18.6. The number of rotatable bonds is 5. The van der Waals surface area contributed by atoms with Crippen LogP contribution in [-0.4, -0.2) is 54.0 Å². The maximum atomic E-state index is 14.1. The van der Waals surface area contributed by atoms with Crippen LogP contribution in [0.3, 0.4) is 0 Å². The highest BCUT2D eigenvalue weighted by Crippen LogP contribution is 2.42. The van der Waals surface area contributed by atoms with Gasteiger partial charge in [-0.2, -0.15) is 13.2 Å². The quantitative estimate of drug-likeness (QED) is 0.609. The monoisotopic (exact) mass is 482 g/mol. The minimum Gasteiger partial charge on any atom is -0.381 e. The van der Waals surface area contributed by atoms with Gasteiger partial charge in [0.05, 0.1) is 5.69 Å². The highest BCUT2D eigenvalue weighted by molar-refractivity contribution is 5.63. The van der Waals surface area contributed by atoms with Gasteiger partial charge in [-0.3, -0.25) is 0 Å². The molecule has 2 aliphatic heterocycles. The van der Waals surface area contributed by atoms with Crippen LogP contribution < -0.4 is 5.32 Å². The van der Waals surface area contributed by atoms with E-state index in [1.165, 1.54) is 0 Å². The van der Waals surface area contributed by atoms with E-state index in [2.05, 4.69) is 20.4 Å². The second-order valence-electron chi connectivity index (χ2n) is 9.72. The standard InChI is InChI=1S/C24H27F5N4O/c25-17-1-2-21(26)19(9-17)22-10-20(24(27,28)29)23(32-31-22)30-18-7-15-12-33(13-16(15)8-18)11-14-3-5-34-6-4-14/h1-2,9-10,14-16,18H,3-8,11-13H2,(H,30,32). The molecule has 1 aromatic carbocycles. The molecule has 3 heterocycles. The van der Waals surface area contributed by atoms with Gasteiger partial charge in [0.2, 0.25) is 0 Å². The number of nitrogens with zero attached hydrogens (tertiary/aromatic N) is 3. The Morgan fingerprint density at radius 1 is 1.00 bits per heavy atom. The largest absolute Gasteiger partial charge is 0.420 e. The molecule has 2 atom stereocenters. The lowest BCUT2D eigenvalue weighted by Gasteiger charge is -2.28. The fourth-order valence-electron chi connectivity index (χ4n) is 5.69. The number of hydrogen-bond acceptors (Lipinski definition) is 5. The van der Waals surface area contributed by atoms with Gasteiger partial charge in [0, 0.05) is 44.5 Å². The molecule has 1 N–H and O–H groups in total. The number of hydrogen-bond donors (Lipinski definition) is 1. The first-order valence-corrected chi connectivity index (χ1v) is 11.7. The van der Waals surface area contributed by atoms with Gasteiger partial charge < -0.3 is 15.0 Å². The molecule has 2 aromatic rings. The van der Waals surface area contributed by atoms with Gasteiger partial charge in [-0.15, -0.1) is 10.2 Å². The Balaban J connectivity index is 1.26. The number of benzene rings is 1. The van der Waals surface area contributed by atoms with Crippen LogP contribution in [0, 0.1) is 29.4 Å². The third-order valence-corrected chi connectivity index (χ3v) is 7.33. The van der Waals surface area contributed by atoms with Gasteiger partial charge in [-0.1, -0.05) is 0 Å². The summed E-state index contributed by atoms with van der Waals surface area (Å²) in [6, 6.07) is 3.17. The van der Waals surface area contributed by atoms with Crippen LogP contribution in [-0.2, 0) is 10.9 Å². The smallest absolute Gasteiger partial charge is 0.381 e. The van der Waals surface area contributed by atoms with Crippen molar-refractivity contribution < 1.29 is 26.7 Å². The molecule has 2 saturated heterocycles. The first kappa shape index (κ1) is 23.4. The lowest BCUT2D eigenvalue weighted by Crippen LogP contribution is -2.32. The maximum Gasteiger partial charge on any atom is 0.420 e. The second kappa shape index (κ2) is 9.37. The topological polar surface area (TPSA) is 50.3 Å². The van der Waals surface area contributed by atoms with Crippen LogP contribution >= 0.6 is 0 Å². The Bertz CT molecular complexity index is 1010. The van der Waals surface area contributed by atoms with Crippen LogP contribution in [0.2, 0.25) is 0 Å². The van der Waals surface area contributed by atoms with Gasteiger partial charge in [0.15, 0.2) is 5.82 Å². The van der Waals surface area contributed by atoms with Gasteiger partial charge in [-0.25, -0.2) is 8.78 Å². The molecule has 1 aromatic heterocycles. The summed E-state index contributed by atoms with van der Waals surface area (Å²) in [5.74, 6) is -0.443. The molecular formula is C24H27F5N4O. The maximum absolute atomic E-state index is 14.1. The average Bonchev–Trinajstić information content (AvgIpc) is 3.33. The fourth-order valence-corrected chi connectivity index (χ4v) is 5.69. The zero-order chi connectivity index (χ0) is 23.9. The number of halogens is 5. The molecule has 2 unspecified atom stereocenters. The Hall–Kier alpha value is -2.33. The molecule has 0 spiro atoms. The number of anilines is 1. The van der Waals surface area contributed by atoms with Crippen LogP contribution in [0.4, 0.5) is 27.8 Å². The van der Waals surface area contributed by atoms with Crippen LogP contribution in [0.25, 0.3) is 11.3 Å². The van der Waals surface area contributed by atoms with Crippen LogP contribution in [0.1, 0.15) is 31.2 Å². The van der Waals surface area contributed by atoms with Gasteiger partial charge in [0.1, 0.15) is 17.2 Å². The summed E-state index contributed by atoms with van der Waals surface area (Å²) in [5, 5.41) is 10.5. The van der Waals surface area contributed by atoms with Crippen LogP contribution in [0.5, 0.6) is 0 Å². The molecule has 5 nitrogen and oxygen atoms in total. The number of ether oxygens (including phenoxy) is 1. The van der Waals surface area contributed by atoms with Gasteiger partial charge in [-0.05, 0) is 67.7 Å². The second-order valence-corrected chi connectivity index (χ2v) is 9.72. The summed E-state index contributed by atoms with van der Waals surface area (Å²) in [5.41, 5.74) is -1.74. The molecule has 10 heteroatoms. The van der Waals surface area contributed by atoms with Crippen molar-refractivity contribution in [3.63, 3.8) is 0 Å². The number of nitrogens with one attached hydrogen (secondary N) is 1. The van der Waals surface area contributed by atoms with Crippen molar-refractivity contribution in [2.45, 2.75) is 37.9 Å². The highest BCUT2D eigenvalue weighted by Gasteiger charge is 2.43. The minimum atomic E-state index is -4.72. The molecule has 34 heavy (non-hydrogen) atoms. The first-order chi connectivity index (χ1) is 16.3. The summed E-state index contributed by atoms with van der Waals surface area (Å²) >= 11 is 0. The van der Waals surface area contributed by atoms with Crippen molar-refractivity contribution >= 4 is 5.82 Å². The van der Waals surface area contributed by atoms with E-state index in [9.17, 15) is 22.0 Å². The fraction of sp³-hybridized carbons (Fsp3) is 0.583. The van der Waals surface area contributed by atoms with Crippen molar-refractivity contribution in [3.8, 4) is 11.3 Å². The van der Waals surface area contributed by atoms with E-state index in [4.69, 9.17) is 4.74 Å². The molecule has 3 aliphatic rings. The Morgan fingerprint density at radius 2 is 1.71 bits per heavy atom. The summed E-state index contributed by atoms with van der Waals surface area (Å²) in [7, 11) is 0. The summed E-state index contributed by atoms with van der Waals surface area (Å²) in [4.78, 5) is 2.49. The molecule has 0 radical (unpaired) electrons. The average molecular weight is 482 g/mol. The number of aromatic nitrogens is 2. The van der Waals surface area contributed by atoms with Crippen molar-refractivity contribution in [3.05, 3.63) is 41.5 Å². The lowest BCUT2D eigenvalue weighted by molar-refractivity contribution is -0.137. The predicted octanol–water partition coefficient (Wildman–Crippen LogP) is 4.99. The van der Waals surface area contributed by atoms with E-state index in [1.54, 1.807) is 0 Å². The van der Waals surface area contributed by atoms with Crippen molar-refractivity contribution in [1.82, 2.24) is 15.1 Å². The third kappa shape index (κ3) is 5.02. The van der Waals surface area contributed by atoms with E-state index < -0.39 is 23.4 Å². The SMILES string of the molecule is Fc1ccc(F)c(-c2cc(C(F)(F)F)c(NC3CC4CN(CC5CCOCC5)CC4C3)nn2)c1. The Morgan fingerprint density at radius 3 is 2.38 bits per heavy atom. The summed E-state index contributed by atoms with van der Waals surface area (Å²) < 4.78 is 74.5. The van der Waals surface area contributed by atoms with E-state index in [0.717, 1.165) is 82.8 Å². The Kier molecular flexibility index (Phi) is 6.45. The van der Waals surface area contributed by atoms with Crippen molar-refractivity contribution in [1.29, 1.82) is 0 Å². The molecular weight excluding hydrogens is 455 g/mol. The molecule has 0 amide bonds. The summed E-state index contributed by atoms with van der Waals surface area (Å²) in [6.45, 7) is 4.65. The normalized spacial score (nSPS) is 26.1. The molecule has 1 aliphatic carbocycles. The minimum absolute atomic E-state index is 0.132. The Labute approximate surface area is 194 Å². The van der Waals surface area contributed by atoms with Crippen LogP contribution in [0.15, 0.2) is 24.3 Å². The third-order valence-electron chi connectivity index (χ3n) is 7.33. The first-order valence-electron chi connectivity index (χ1n) is 11.7. The lowest BCUT2D eigenvalue weighted by atomic mass is 10.00. The highest BCUT2D eigenvalue weighted by atomic mass is 19.4. The number of alkyl halides is 3. The molecule has 5 rings (SSSR count). The molecule has 1 saturated carbocycles. The number of likely N-dealkylation sites (tertiary alicyclic amines) is 1. The van der Waals surface area contributed by atoms with Crippen molar-refractivity contribution in [2.75, 3.05) is 38.2 Å². The summed E-state index contributed by atoms with van der Waals surface area (Å²) in [6.07, 6.45) is -0.997.